The van der Waals surface area contributed by atoms with Crippen LogP contribution in [0, 0.1) is 0 Å². The van der Waals surface area contributed by atoms with Gasteiger partial charge < -0.3 is 4.42 Å². The van der Waals surface area contributed by atoms with Crippen molar-refractivity contribution >= 4 is 75.8 Å². The minimum atomic E-state index is -1.09. The summed E-state index contributed by atoms with van der Waals surface area (Å²) in [5.74, 6) is 0. The van der Waals surface area contributed by atoms with Crippen molar-refractivity contribution in [1.29, 1.82) is 0 Å². The zero-order valence-corrected chi connectivity index (χ0v) is 25.4. The van der Waals surface area contributed by atoms with Crippen LogP contribution in [-0.2, 0) is 0 Å². The smallest absolute Gasteiger partial charge is 0.143 e. The third-order valence-electron chi connectivity index (χ3n) is 8.56. The van der Waals surface area contributed by atoms with Crippen molar-refractivity contribution in [1.82, 2.24) is 0 Å². The summed E-state index contributed by atoms with van der Waals surface area (Å²) in [6, 6.07) is -28.1. The first-order valence-corrected chi connectivity index (χ1v) is 15.2. The summed E-state index contributed by atoms with van der Waals surface area (Å²) in [4.78, 5) is 0. The molecule has 236 valence electrons. The zero-order chi connectivity index (χ0) is 59.6. The van der Waals surface area contributed by atoms with Gasteiger partial charge in [0.1, 0.15) is 11.2 Å². The number of furan rings is 1. The standard InChI is InChI=1S/C50H30O/c1-2-13-33-29-36(24-23-31(33)11-1)47-41-16-5-7-18-43(41)48(44-19-8-6-17-42(44)47)40-21-9-14-34-30-35(25-27-37(34)40)39-20-10-22-45-49-38-15-4-3-12-32(38)26-28-46(49)51-50(39)45/h1-30H/i1D,2D,3D,4D,5D,6D,7D,8D,9D,10D,11D,12D,13D,14D,15D,16D,17D,18D,19D,20D,21D,22D,23D,24D,25D,26D,27D,28D,29D,30D. The second-order valence-electron chi connectivity index (χ2n) is 11.3. The molecule has 0 unspecified atom stereocenters. The van der Waals surface area contributed by atoms with Gasteiger partial charge in [0.15, 0.2) is 0 Å². The molecule has 11 aromatic rings. The van der Waals surface area contributed by atoms with Crippen molar-refractivity contribution in [2.75, 3.05) is 0 Å². The van der Waals surface area contributed by atoms with E-state index in [0.29, 0.717) is 0 Å². The molecule has 0 aliphatic heterocycles. The predicted octanol–water partition coefficient (Wildman–Crippen LogP) is 14.4. The van der Waals surface area contributed by atoms with Crippen LogP contribution in [0.3, 0.4) is 0 Å². The Morgan fingerprint density at radius 1 is 0.333 bits per heavy atom. The molecule has 0 radical (unpaired) electrons. The van der Waals surface area contributed by atoms with Crippen LogP contribution in [0.2, 0.25) is 0 Å². The van der Waals surface area contributed by atoms with Crippen molar-refractivity contribution in [3.63, 3.8) is 0 Å². The number of hydrogen-bond donors (Lipinski definition) is 0. The summed E-state index contributed by atoms with van der Waals surface area (Å²) in [7, 11) is 0. The van der Waals surface area contributed by atoms with E-state index in [2.05, 4.69) is 0 Å². The van der Waals surface area contributed by atoms with Gasteiger partial charge in [-0.15, -0.1) is 0 Å². The number of rotatable bonds is 3. The fourth-order valence-electron chi connectivity index (χ4n) is 6.41. The van der Waals surface area contributed by atoms with Crippen LogP contribution >= 0.6 is 0 Å². The van der Waals surface area contributed by atoms with E-state index in [9.17, 15) is 17.8 Å². The van der Waals surface area contributed by atoms with E-state index in [0.717, 1.165) is 0 Å². The Bertz CT molecular complexity index is 4850. The highest BCUT2D eigenvalue weighted by atomic mass is 16.3. The van der Waals surface area contributed by atoms with E-state index in [1.165, 1.54) is 0 Å². The minimum Gasteiger partial charge on any atom is -0.455 e. The van der Waals surface area contributed by atoms with Crippen LogP contribution in [0.1, 0.15) is 41.1 Å². The SMILES string of the molecule is [2H]c1c([2H])c([2H])c2c(oc3c([2H])c([2H])c4c([2H])c([2H])c([2H])c([2H])c4c32)c1-c1c([2H])c([2H])c2c(-c3c4c([2H])c([2H])c([2H])c([2H])c4c(-c4c([2H])c([2H])c5c([2H])c([2H])c([2H])c([2H])c5c4[2H])c4c([2H])c([2H])c([2H])c([2H])c34)c([2H])c([2H])c([2H])c2c1[2H]. The van der Waals surface area contributed by atoms with E-state index in [4.69, 9.17) is 27.7 Å². The molecule has 1 aromatic heterocycles. The van der Waals surface area contributed by atoms with Crippen LogP contribution < -0.4 is 0 Å². The molecule has 1 heterocycles. The first-order chi connectivity index (χ1) is 37.8. The topological polar surface area (TPSA) is 13.1 Å². The first-order valence-electron chi connectivity index (χ1n) is 30.2. The first kappa shape index (κ1) is 11.7. The molecule has 0 saturated carbocycles. The Labute approximate surface area is 336 Å². The molecule has 0 aliphatic carbocycles. The molecule has 0 atom stereocenters. The predicted molar refractivity (Wildman–Crippen MR) is 218 cm³/mol. The number of benzene rings is 10. The third kappa shape index (κ3) is 4.22. The molecule has 0 amide bonds. The summed E-state index contributed by atoms with van der Waals surface area (Å²) < 4.78 is 279. The lowest BCUT2D eigenvalue weighted by molar-refractivity contribution is 0.670. The fraction of sp³-hybridized carbons (Fsp3) is 0. The fourth-order valence-corrected chi connectivity index (χ4v) is 6.41. The van der Waals surface area contributed by atoms with Gasteiger partial charge in [0.25, 0.3) is 0 Å². The lowest BCUT2D eigenvalue weighted by Gasteiger charge is -2.19. The molecule has 11 rings (SSSR count). The van der Waals surface area contributed by atoms with Crippen molar-refractivity contribution in [3.05, 3.63) is 181 Å². The highest BCUT2D eigenvalue weighted by molar-refractivity contribution is 6.24. The molecule has 0 bridgehead atoms. The van der Waals surface area contributed by atoms with Gasteiger partial charge in [-0.2, -0.15) is 0 Å². The van der Waals surface area contributed by atoms with Gasteiger partial charge in [0.05, 0.1) is 41.1 Å². The van der Waals surface area contributed by atoms with E-state index in [1.807, 2.05) is 0 Å². The average Bonchev–Trinajstić information content (AvgIpc) is 4.09. The third-order valence-corrected chi connectivity index (χ3v) is 8.56. The number of para-hydroxylation sites is 1. The van der Waals surface area contributed by atoms with Crippen molar-refractivity contribution in [3.8, 4) is 33.4 Å². The van der Waals surface area contributed by atoms with Gasteiger partial charge >= 0.3 is 0 Å². The molecule has 0 saturated heterocycles. The zero-order valence-electron chi connectivity index (χ0n) is 55.4. The van der Waals surface area contributed by atoms with Crippen molar-refractivity contribution < 1.29 is 45.5 Å². The maximum Gasteiger partial charge on any atom is 0.143 e. The molecule has 0 spiro atoms. The normalized spacial score (nSPS) is 20.2. The van der Waals surface area contributed by atoms with Crippen LogP contribution in [0.25, 0.3) is 109 Å². The van der Waals surface area contributed by atoms with Crippen molar-refractivity contribution in [2.24, 2.45) is 0 Å². The van der Waals surface area contributed by atoms with Crippen LogP contribution in [0.4, 0.5) is 0 Å². The van der Waals surface area contributed by atoms with Gasteiger partial charge in [-0.25, -0.2) is 0 Å². The number of fused-ring (bicyclic) bond motifs is 9. The summed E-state index contributed by atoms with van der Waals surface area (Å²) >= 11 is 0. The van der Waals surface area contributed by atoms with E-state index < -0.39 is 285 Å². The Hall–Kier alpha value is -6.70. The molecule has 1 nitrogen and oxygen atoms in total. The highest BCUT2D eigenvalue weighted by Crippen LogP contribution is 2.46. The lowest BCUT2D eigenvalue weighted by Crippen LogP contribution is -1.92. The second-order valence-corrected chi connectivity index (χ2v) is 11.3. The van der Waals surface area contributed by atoms with Gasteiger partial charge in [0.2, 0.25) is 0 Å². The monoisotopic (exact) mass is 676 g/mol. The summed E-state index contributed by atoms with van der Waals surface area (Å²) in [5, 5.41) is -7.71. The molecule has 0 fully saturated rings. The van der Waals surface area contributed by atoms with Gasteiger partial charge in [0, 0.05) is 16.3 Å². The van der Waals surface area contributed by atoms with E-state index in [1.54, 1.807) is 0 Å². The molecule has 10 aromatic carbocycles. The van der Waals surface area contributed by atoms with Gasteiger partial charge in [-0.05, 0) is 99.8 Å². The Kier molecular flexibility index (Phi) is 2.50. The second kappa shape index (κ2) is 10.9. The summed E-state index contributed by atoms with van der Waals surface area (Å²) in [6.07, 6.45) is 0. The average molecular weight is 677 g/mol. The maximum atomic E-state index is 9.85. The molecule has 0 aliphatic rings. The van der Waals surface area contributed by atoms with Crippen LogP contribution in [0.15, 0.2) is 186 Å². The quantitative estimate of drug-likeness (QED) is 0.170. The Balaban J connectivity index is 1.39. The largest absolute Gasteiger partial charge is 0.455 e. The summed E-state index contributed by atoms with van der Waals surface area (Å²) in [5.41, 5.74) is -5.92. The van der Waals surface area contributed by atoms with E-state index in [-0.39, 0.29) is 5.39 Å². The number of hydrogen-bond acceptors (Lipinski definition) is 1. The van der Waals surface area contributed by atoms with Gasteiger partial charge in [-0.1, -0.05) is 163 Å². The van der Waals surface area contributed by atoms with Crippen LogP contribution in [-0.4, -0.2) is 0 Å². The molecular weight excluding hydrogens is 617 g/mol. The molecule has 0 N–H and O–H groups in total. The summed E-state index contributed by atoms with van der Waals surface area (Å²) in [6.45, 7) is 0. The van der Waals surface area contributed by atoms with Crippen LogP contribution in [0.5, 0.6) is 0 Å². The lowest BCUT2D eigenvalue weighted by atomic mass is 9.84. The maximum absolute atomic E-state index is 9.85. The molecule has 51 heavy (non-hydrogen) atoms. The molecular formula is C50H30O. The van der Waals surface area contributed by atoms with Crippen molar-refractivity contribution in [2.45, 2.75) is 0 Å². The Morgan fingerprint density at radius 3 is 1.67 bits per heavy atom. The highest BCUT2D eigenvalue weighted by Gasteiger charge is 2.19. The van der Waals surface area contributed by atoms with Gasteiger partial charge in [-0.3, -0.25) is 0 Å². The minimum absolute atomic E-state index is 0.382. The Morgan fingerprint density at radius 2 is 0.882 bits per heavy atom. The molecule has 1 heteroatoms. The van der Waals surface area contributed by atoms with E-state index >= 15 is 0 Å².